The number of rotatable bonds is 1. The van der Waals surface area contributed by atoms with Gasteiger partial charge >= 0.3 is 6.03 Å². The van der Waals surface area contributed by atoms with Crippen LogP contribution < -0.4 is 5.73 Å². The van der Waals surface area contributed by atoms with E-state index in [0.29, 0.717) is 44.3 Å². The summed E-state index contributed by atoms with van der Waals surface area (Å²) in [6.45, 7) is 6.76. The Kier molecular flexibility index (Phi) is 5.01. The van der Waals surface area contributed by atoms with Crippen LogP contribution in [0.15, 0.2) is 17.9 Å². The fourth-order valence-electron chi connectivity index (χ4n) is 4.51. The monoisotopic (exact) mass is 366 g/mol. The van der Waals surface area contributed by atoms with Crippen LogP contribution in [0.2, 0.25) is 0 Å². The Morgan fingerprint density at radius 2 is 1.78 bits per heavy atom. The standard InChI is InChI=1S/C22H26N2O3/c1-4-5-16-10-14(2)19(15(3)11-16)20-17(25)12-22(13-18(20)26)6-8-24(9-7-22)21(23)27/h10-11,25H,6-9,12-13H2,1-3H3,(H2,23,27). The number of likely N-dealkylation sites (tertiary alicyclic amines) is 1. The van der Waals surface area contributed by atoms with Gasteiger partial charge in [0.1, 0.15) is 5.76 Å². The number of carbonyl (C=O) groups excluding carboxylic acids is 2. The number of benzene rings is 1. The molecular weight excluding hydrogens is 340 g/mol. The summed E-state index contributed by atoms with van der Waals surface area (Å²) in [6.07, 6.45) is 2.23. The number of aliphatic hydroxyl groups is 1. The van der Waals surface area contributed by atoms with Crippen LogP contribution in [0, 0.1) is 31.1 Å². The predicted octanol–water partition coefficient (Wildman–Crippen LogP) is 3.47. The first-order valence-corrected chi connectivity index (χ1v) is 9.30. The van der Waals surface area contributed by atoms with Crippen LogP contribution >= 0.6 is 0 Å². The van der Waals surface area contributed by atoms with E-state index in [-0.39, 0.29) is 17.0 Å². The third kappa shape index (κ3) is 3.57. The third-order valence-electron chi connectivity index (χ3n) is 5.83. The van der Waals surface area contributed by atoms with Gasteiger partial charge in [-0.05, 0) is 67.9 Å². The molecular formula is C22H26N2O3. The van der Waals surface area contributed by atoms with Gasteiger partial charge in [-0.2, -0.15) is 0 Å². The molecule has 1 aromatic carbocycles. The molecule has 142 valence electrons. The molecule has 3 N–H and O–H groups in total. The van der Waals surface area contributed by atoms with Crippen LogP contribution in [0.5, 0.6) is 0 Å². The molecule has 5 heteroatoms. The fourth-order valence-corrected chi connectivity index (χ4v) is 4.51. The highest BCUT2D eigenvalue weighted by Crippen LogP contribution is 2.47. The zero-order chi connectivity index (χ0) is 19.8. The van der Waals surface area contributed by atoms with Crippen molar-refractivity contribution in [3.63, 3.8) is 0 Å². The Hall–Kier alpha value is -2.74. The molecule has 0 radical (unpaired) electrons. The minimum atomic E-state index is -0.422. The Balaban J connectivity index is 1.94. The van der Waals surface area contributed by atoms with E-state index in [1.165, 1.54) is 0 Å². The molecule has 0 aromatic heterocycles. The molecule has 0 bridgehead atoms. The van der Waals surface area contributed by atoms with Crippen LogP contribution in [0.1, 0.15) is 54.9 Å². The molecule has 2 aliphatic rings. The number of urea groups is 1. The first kappa shape index (κ1) is 19.0. The van der Waals surface area contributed by atoms with Gasteiger partial charge in [-0.3, -0.25) is 4.79 Å². The van der Waals surface area contributed by atoms with Gasteiger partial charge in [-0.25, -0.2) is 4.79 Å². The van der Waals surface area contributed by atoms with E-state index >= 15 is 0 Å². The number of nitrogens with two attached hydrogens (primary N) is 1. The lowest BCUT2D eigenvalue weighted by molar-refractivity contribution is -0.117. The van der Waals surface area contributed by atoms with E-state index in [1.54, 1.807) is 11.8 Å². The maximum absolute atomic E-state index is 13.1. The van der Waals surface area contributed by atoms with Crippen molar-refractivity contribution in [2.75, 3.05) is 13.1 Å². The molecule has 0 atom stereocenters. The normalized spacial score (nSPS) is 19.1. The zero-order valence-corrected chi connectivity index (χ0v) is 16.2. The van der Waals surface area contributed by atoms with Crippen molar-refractivity contribution >= 4 is 17.4 Å². The Labute approximate surface area is 160 Å². The van der Waals surface area contributed by atoms with E-state index in [1.807, 2.05) is 26.0 Å². The second-order valence-corrected chi connectivity index (χ2v) is 7.78. The quantitative estimate of drug-likeness (QED) is 0.747. The number of nitrogens with zero attached hydrogens (tertiary/aromatic N) is 1. The molecule has 0 unspecified atom stereocenters. The first-order chi connectivity index (χ1) is 12.8. The van der Waals surface area contributed by atoms with Gasteiger partial charge in [0.2, 0.25) is 0 Å². The number of piperidine rings is 1. The van der Waals surface area contributed by atoms with Crippen molar-refractivity contribution < 1.29 is 14.7 Å². The van der Waals surface area contributed by atoms with Gasteiger partial charge < -0.3 is 15.7 Å². The second-order valence-electron chi connectivity index (χ2n) is 7.78. The summed E-state index contributed by atoms with van der Waals surface area (Å²) in [5.41, 5.74) is 9.16. The van der Waals surface area contributed by atoms with Gasteiger partial charge in [0.15, 0.2) is 5.78 Å². The van der Waals surface area contributed by atoms with Crippen LogP contribution in [0.25, 0.3) is 5.57 Å². The molecule has 1 aromatic rings. The van der Waals surface area contributed by atoms with Gasteiger partial charge in [-0.15, -0.1) is 5.92 Å². The van der Waals surface area contributed by atoms with E-state index in [2.05, 4.69) is 11.8 Å². The summed E-state index contributed by atoms with van der Waals surface area (Å²) in [5, 5.41) is 10.8. The number of primary amides is 1. The van der Waals surface area contributed by atoms with Gasteiger partial charge in [0, 0.05) is 31.5 Å². The number of allylic oxidation sites excluding steroid dienone is 2. The van der Waals surface area contributed by atoms with Crippen LogP contribution in [0.3, 0.4) is 0 Å². The molecule has 1 spiro atoms. The lowest BCUT2D eigenvalue weighted by Gasteiger charge is -2.43. The fraction of sp³-hybridized carbons (Fsp3) is 0.455. The maximum Gasteiger partial charge on any atom is 0.314 e. The highest BCUT2D eigenvalue weighted by Gasteiger charge is 2.43. The predicted molar refractivity (Wildman–Crippen MR) is 105 cm³/mol. The van der Waals surface area contributed by atoms with Crippen LogP contribution in [-0.4, -0.2) is 34.9 Å². The maximum atomic E-state index is 13.1. The average Bonchev–Trinajstić information content (AvgIpc) is 2.57. The lowest BCUT2D eigenvalue weighted by Crippen LogP contribution is -2.47. The lowest BCUT2D eigenvalue weighted by atomic mass is 9.66. The molecule has 3 rings (SSSR count). The number of ketones is 1. The highest BCUT2D eigenvalue weighted by atomic mass is 16.3. The number of Topliss-reactive ketones (excluding diaryl/α,β-unsaturated/α-hetero) is 1. The van der Waals surface area contributed by atoms with Crippen LogP contribution in [0.4, 0.5) is 4.79 Å². The molecule has 1 saturated heterocycles. The minimum Gasteiger partial charge on any atom is -0.512 e. The summed E-state index contributed by atoms with van der Waals surface area (Å²) in [5.74, 6) is 6.08. The van der Waals surface area contributed by atoms with Gasteiger partial charge in [-0.1, -0.05) is 5.92 Å². The SMILES string of the molecule is CC#Cc1cc(C)c(C2=C(O)CC3(CCN(C(N)=O)CC3)CC2=O)c(C)c1. The van der Waals surface area contributed by atoms with Crippen molar-refractivity contribution in [1.29, 1.82) is 0 Å². The largest absolute Gasteiger partial charge is 0.512 e. The Morgan fingerprint density at radius 3 is 2.26 bits per heavy atom. The van der Waals surface area contributed by atoms with Gasteiger partial charge in [0.25, 0.3) is 0 Å². The summed E-state index contributed by atoms with van der Waals surface area (Å²) < 4.78 is 0. The Morgan fingerprint density at radius 1 is 1.19 bits per heavy atom. The van der Waals surface area contributed by atoms with Crippen molar-refractivity contribution in [3.05, 3.63) is 40.1 Å². The van der Waals surface area contributed by atoms with E-state index in [0.717, 1.165) is 22.3 Å². The molecule has 27 heavy (non-hydrogen) atoms. The summed E-state index contributed by atoms with van der Waals surface area (Å²) in [7, 11) is 0. The summed E-state index contributed by atoms with van der Waals surface area (Å²) >= 11 is 0. The minimum absolute atomic E-state index is 0.0215. The van der Waals surface area contributed by atoms with Crippen LogP contribution in [-0.2, 0) is 4.79 Å². The molecule has 1 aliphatic carbocycles. The smallest absolute Gasteiger partial charge is 0.314 e. The Bertz CT molecular complexity index is 871. The number of hydrogen-bond donors (Lipinski definition) is 2. The number of hydrogen-bond acceptors (Lipinski definition) is 3. The van der Waals surface area contributed by atoms with Crippen molar-refractivity contribution in [2.45, 2.75) is 46.5 Å². The first-order valence-electron chi connectivity index (χ1n) is 9.30. The molecule has 1 fully saturated rings. The van der Waals surface area contributed by atoms with Crippen molar-refractivity contribution in [2.24, 2.45) is 11.1 Å². The third-order valence-corrected chi connectivity index (χ3v) is 5.83. The second kappa shape index (κ2) is 7.11. The molecule has 1 aliphatic heterocycles. The van der Waals surface area contributed by atoms with Gasteiger partial charge in [0.05, 0.1) is 5.57 Å². The topological polar surface area (TPSA) is 83.6 Å². The highest BCUT2D eigenvalue weighted by molar-refractivity contribution is 6.23. The van der Waals surface area contributed by atoms with E-state index in [9.17, 15) is 14.7 Å². The molecule has 0 saturated carbocycles. The van der Waals surface area contributed by atoms with Crippen molar-refractivity contribution in [1.82, 2.24) is 4.90 Å². The summed E-state index contributed by atoms with van der Waals surface area (Å²) in [4.78, 5) is 26.0. The zero-order valence-electron chi connectivity index (χ0n) is 16.2. The average molecular weight is 366 g/mol. The van der Waals surface area contributed by atoms with E-state index < -0.39 is 6.03 Å². The van der Waals surface area contributed by atoms with Crippen molar-refractivity contribution in [3.8, 4) is 11.8 Å². The molecule has 2 amide bonds. The molecule has 5 nitrogen and oxygen atoms in total. The number of amides is 2. The number of carbonyl (C=O) groups is 2. The number of aryl methyl sites for hydroxylation is 2. The van der Waals surface area contributed by atoms with E-state index in [4.69, 9.17) is 5.73 Å². The molecule has 1 heterocycles. The summed E-state index contributed by atoms with van der Waals surface area (Å²) in [6, 6.07) is 3.50. The number of aliphatic hydroxyl groups excluding tert-OH is 1.